The Kier molecular flexibility index (Phi) is 1.49. The number of aliphatic hydroxyl groups is 2. The Morgan fingerprint density at radius 2 is 1.93 bits per heavy atom. The topological polar surface area (TPSA) is 12.8 Å². The molecule has 6 unspecified atom stereocenters. The van der Waals surface area contributed by atoms with E-state index in [9.17, 15) is 0 Å². The van der Waals surface area contributed by atoms with E-state index in [0.29, 0.717) is 0 Å². The third-order valence-corrected chi connectivity index (χ3v) is 5.05. The minimum Gasteiger partial charge on any atom is -0.417 e. The van der Waals surface area contributed by atoms with E-state index < -0.39 is 0 Å². The Labute approximate surface area is 85.5 Å². The van der Waals surface area contributed by atoms with E-state index >= 15 is 0 Å². The van der Waals surface area contributed by atoms with Crippen LogP contribution in [0.4, 0.5) is 0 Å². The molecule has 1 nitrogen and oxygen atoms in total. The first-order valence-electron chi connectivity index (χ1n) is 6.28. The zero-order valence-electron chi connectivity index (χ0n) is 8.60. The van der Waals surface area contributed by atoms with Gasteiger partial charge in [0.1, 0.15) is 0 Å². The Bertz CT molecular complexity index is 283. The molecule has 0 aromatic heterocycles. The maximum absolute atomic E-state index is 4.62. The van der Waals surface area contributed by atoms with Crippen molar-refractivity contribution in [3.63, 3.8) is 0 Å². The van der Waals surface area contributed by atoms with Crippen LogP contribution in [-0.4, -0.2) is 16.9 Å². The van der Waals surface area contributed by atoms with Crippen LogP contribution in [0.5, 0.6) is 0 Å². The van der Waals surface area contributed by atoms with E-state index in [0.717, 1.165) is 35.9 Å². The number of allylic oxidation sites excluding steroid dienone is 2. The average Bonchev–Trinajstić information content (AvgIpc) is 2.67. The van der Waals surface area contributed by atoms with Crippen molar-refractivity contribution in [2.75, 3.05) is 0 Å². The molecule has 6 atom stereocenters. The molecule has 0 spiro atoms. The summed E-state index contributed by atoms with van der Waals surface area (Å²) in [6.07, 6.45) is 13.9. The zero-order valence-corrected chi connectivity index (χ0v) is 8.60. The van der Waals surface area contributed by atoms with E-state index in [-0.39, 0.29) is 0 Å². The van der Waals surface area contributed by atoms with Crippen molar-refractivity contribution in [1.29, 1.82) is 0 Å². The van der Waals surface area contributed by atoms with Gasteiger partial charge in [0.2, 0.25) is 12.2 Å². The monoisotopic (exact) mass is 191 g/mol. The van der Waals surface area contributed by atoms with Gasteiger partial charge in [-0.15, -0.1) is 0 Å². The van der Waals surface area contributed by atoms with E-state index in [4.69, 9.17) is 0 Å². The van der Waals surface area contributed by atoms with Gasteiger partial charge in [0, 0.05) is 12.8 Å². The maximum Gasteiger partial charge on any atom is 0.227 e. The molecule has 2 saturated carbocycles. The molecule has 0 aromatic rings. The summed E-state index contributed by atoms with van der Waals surface area (Å²) in [7, 11) is 0. The van der Waals surface area contributed by atoms with Crippen molar-refractivity contribution in [3.05, 3.63) is 12.2 Å². The van der Waals surface area contributed by atoms with Crippen LogP contribution in [0.3, 0.4) is 0 Å². The van der Waals surface area contributed by atoms with Crippen LogP contribution in [0.1, 0.15) is 32.1 Å². The van der Waals surface area contributed by atoms with Gasteiger partial charge in [-0.3, -0.25) is 0 Å². The number of rotatable bonds is 1. The van der Waals surface area contributed by atoms with Gasteiger partial charge in [0.25, 0.3) is 0 Å². The predicted molar refractivity (Wildman–Crippen MR) is 56.0 cm³/mol. The highest BCUT2D eigenvalue weighted by Crippen LogP contribution is 2.51. The molecular weight excluding hydrogens is 172 g/mol. The van der Waals surface area contributed by atoms with Crippen LogP contribution in [-0.2, 0) is 0 Å². The number of hydrogen-bond donors (Lipinski definition) is 0. The van der Waals surface area contributed by atoms with Gasteiger partial charge in [-0.2, -0.15) is 0 Å². The molecule has 2 bridgehead atoms. The maximum atomic E-state index is 4.62. The predicted octanol–water partition coefficient (Wildman–Crippen LogP) is 2.28. The van der Waals surface area contributed by atoms with E-state index in [1.807, 2.05) is 0 Å². The first-order chi connectivity index (χ1) is 6.90. The first kappa shape index (κ1) is 7.92. The molecule has 4 aliphatic rings. The van der Waals surface area contributed by atoms with Crippen LogP contribution in [0.25, 0.3) is 0 Å². The van der Waals surface area contributed by atoms with Gasteiger partial charge >= 0.3 is 0 Å². The quantitative estimate of drug-likeness (QED) is 0.343. The van der Waals surface area contributed by atoms with Crippen molar-refractivity contribution in [2.45, 2.75) is 44.3 Å². The highest BCUT2D eigenvalue weighted by atomic mass is 16.6. The van der Waals surface area contributed by atoms with Crippen LogP contribution in [0.15, 0.2) is 12.2 Å². The summed E-state index contributed by atoms with van der Waals surface area (Å²) in [4.78, 5) is 0. The number of epoxide rings is 1. The SMILES string of the molecule is C1=CC2CC1CC2C1CCC2[OH+]C2C1. The molecule has 14 heavy (non-hydrogen) atoms. The summed E-state index contributed by atoms with van der Waals surface area (Å²) in [5, 5.41) is 0. The number of hydrogen-bond acceptors (Lipinski definition) is 0. The molecule has 0 amide bonds. The van der Waals surface area contributed by atoms with E-state index in [2.05, 4.69) is 16.9 Å². The van der Waals surface area contributed by atoms with Gasteiger partial charge in [-0.1, -0.05) is 12.2 Å². The third-order valence-electron chi connectivity index (χ3n) is 5.05. The first-order valence-corrected chi connectivity index (χ1v) is 6.28. The second kappa shape index (κ2) is 2.63. The number of fused-ring (bicyclic) bond motifs is 3. The van der Waals surface area contributed by atoms with Gasteiger partial charge in [0.05, 0.1) is 0 Å². The molecule has 3 aliphatic carbocycles. The smallest absolute Gasteiger partial charge is 0.227 e. The fraction of sp³-hybridized carbons (Fsp3) is 0.846. The van der Waals surface area contributed by atoms with Crippen LogP contribution in [0.2, 0.25) is 0 Å². The lowest BCUT2D eigenvalue weighted by Crippen LogP contribution is -2.24. The van der Waals surface area contributed by atoms with Crippen LogP contribution < -0.4 is 0 Å². The second-order valence-corrected chi connectivity index (χ2v) is 5.80. The summed E-state index contributed by atoms with van der Waals surface area (Å²) in [5.74, 6) is 3.99. The Morgan fingerprint density at radius 3 is 2.64 bits per heavy atom. The summed E-state index contributed by atoms with van der Waals surface area (Å²) >= 11 is 0. The van der Waals surface area contributed by atoms with Crippen LogP contribution >= 0.6 is 0 Å². The summed E-state index contributed by atoms with van der Waals surface area (Å²) in [6, 6.07) is 0. The molecule has 4 rings (SSSR count). The van der Waals surface area contributed by atoms with Crippen molar-refractivity contribution in [3.8, 4) is 0 Å². The molecule has 3 fully saturated rings. The Morgan fingerprint density at radius 1 is 0.929 bits per heavy atom. The summed E-state index contributed by atoms with van der Waals surface area (Å²) in [5.41, 5.74) is 0. The van der Waals surface area contributed by atoms with Crippen molar-refractivity contribution in [1.82, 2.24) is 0 Å². The zero-order chi connectivity index (χ0) is 9.12. The van der Waals surface area contributed by atoms with E-state index in [1.165, 1.54) is 32.1 Å². The highest BCUT2D eigenvalue weighted by molar-refractivity contribution is 5.12. The Hall–Kier alpha value is -0.300. The molecule has 1 heterocycles. The van der Waals surface area contributed by atoms with Gasteiger partial charge < -0.3 is 4.74 Å². The lowest BCUT2D eigenvalue weighted by Gasteiger charge is -2.28. The minimum atomic E-state index is 0.803. The normalized spacial score (nSPS) is 58.9. The molecule has 1 aliphatic heterocycles. The molecule has 76 valence electrons. The second-order valence-electron chi connectivity index (χ2n) is 5.80. The molecule has 1 saturated heterocycles. The minimum absolute atomic E-state index is 0.803. The van der Waals surface area contributed by atoms with Gasteiger partial charge in [-0.25, -0.2) is 0 Å². The molecular formula is C13H19O+. The lowest BCUT2D eigenvalue weighted by molar-refractivity contribution is 0.164. The highest BCUT2D eigenvalue weighted by Gasteiger charge is 2.54. The third kappa shape index (κ3) is 1.05. The summed E-state index contributed by atoms with van der Waals surface area (Å²) < 4.78 is 4.62. The standard InChI is InChI=1S/C13H18O/c1-2-9-5-8(1)6-11(9)10-3-4-12-13(7-10)14-12/h1-2,8-13H,3-7H2/p+1. The van der Waals surface area contributed by atoms with Gasteiger partial charge in [-0.05, 0) is 42.9 Å². The average molecular weight is 191 g/mol. The molecule has 0 radical (unpaired) electrons. The Balaban J connectivity index is 1.50. The molecule has 1 heteroatoms. The van der Waals surface area contributed by atoms with E-state index in [1.54, 1.807) is 0 Å². The molecule has 1 N–H and O–H groups in total. The van der Waals surface area contributed by atoms with Gasteiger partial charge in [0.15, 0.2) is 0 Å². The molecule has 0 aromatic carbocycles. The fourth-order valence-electron chi connectivity index (χ4n) is 4.25. The van der Waals surface area contributed by atoms with Crippen molar-refractivity contribution < 1.29 is 4.74 Å². The largest absolute Gasteiger partial charge is 0.417 e. The van der Waals surface area contributed by atoms with Crippen LogP contribution in [0, 0.1) is 23.7 Å². The fourth-order valence-corrected chi connectivity index (χ4v) is 4.25. The number of ether oxygens (including phenoxy) is 1. The van der Waals surface area contributed by atoms with Crippen molar-refractivity contribution >= 4 is 0 Å². The van der Waals surface area contributed by atoms with Crippen molar-refractivity contribution in [2.24, 2.45) is 23.7 Å². The summed E-state index contributed by atoms with van der Waals surface area (Å²) in [6.45, 7) is 0. The lowest BCUT2D eigenvalue weighted by atomic mass is 9.74.